The SMILES string of the molecule is COc1ccc(CCNC(=O)c2nnn3c2CO[C@@H](c2ccc(F)cc2)C3)cc1OC. The molecule has 8 nitrogen and oxygen atoms in total. The van der Waals surface area contributed by atoms with E-state index in [0.717, 1.165) is 11.1 Å². The van der Waals surface area contributed by atoms with Gasteiger partial charge in [0.1, 0.15) is 11.9 Å². The van der Waals surface area contributed by atoms with Crippen LogP contribution in [0.2, 0.25) is 0 Å². The molecule has 0 saturated heterocycles. The Balaban J connectivity index is 1.36. The molecule has 0 unspecified atom stereocenters. The highest BCUT2D eigenvalue weighted by molar-refractivity contribution is 5.93. The van der Waals surface area contributed by atoms with E-state index in [2.05, 4.69) is 15.6 Å². The summed E-state index contributed by atoms with van der Waals surface area (Å²) in [5, 5.41) is 11.0. The number of amides is 1. The summed E-state index contributed by atoms with van der Waals surface area (Å²) in [5.74, 6) is 0.704. The van der Waals surface area contributed by atoms with Gasteiger partial charge in [0.15, 0.2) is 17.2 Å². The monoisotopic (exact) mass is 426 g/mol. The molecule has 0 bridgehead atoms. The fourth-order valence-corrected chi connectivity index (χ4v) is 3.51. The molecule has 1 N–H and O–H groups in total. The molecule has 9 heteroatoms. The molecule has 2 aromatic carbocycles. The van der Waals surface area contributed by atoms with Crippen LogP contribution in [0, 0.1) is 5.82 Å². The van der Waals surface area contributed by atoms with Gasteiger partial charge < -0.3 is 19.5 Å². The quantitative estimate of drug-likeness (QED) is 0.625. The molecule has 1 amide bonds. The zero-order chi connectivity index (χ0) is 21.8. The first-order valence-electron chi connectivity index (χ1n) is 9.87. The van der Waals surface area contributed by atoms with Gasteiger partial charge in [-0.1, -0.05) is 23.4 Å². The van der Waals surface area contributed by atoms with E-state index in [4.69, 9.17) is 14.2 Å². The Labute approximate surface area is 178 Å². The van der Waals surface area contributed by atoms with Gasteiger partial charge in [0, 0.05) is 6.54 Å². The van der Waals surface area contributed by atoms with Crippen molar-refractivity contribution in [3.8, 4) is 11.5 Å². The van der Waals surface area contributed by atoms with Crippen LogP contribution in [0.25, 0.3) is 0 Å². The summed E-state index contributed by atoms with van der Waals surface area (Å²) in [4.78, 5) is 12.6. The number of rotatable bonds is 7. The number of carbonyl (C=O) groups is 1. The molecule has 0 spiro atoms. The normalized spacial score (nSPS) is 15.3. The van der Waals surface area contributed by atoms with Crippen molar-refractivity contribution in [2.24, 2.45) is 0 Å². The molecule has 31 heavy (non-hydrogen) atoms. The third-order valence-electron chi connectivity index (χ3n) is 5.20. The molecule has 0 fully saturated rings. The molecule has 162 valence electrons. The lowest BCUT2D eigenvalue weighted by Gasteiger charge is -2.24. The summed E-state index contributed by atoms with van der Waals surface area (Å²) in [6.45, 7) is 1.04. The van der Waals surface area contributed by atoms with Gasteiger partial charge in [-0.05, 0) is 41.8 Å². The zero-order valence-electron chi connectivity index (χ0n) is 17.3. The zero-order valence-corrected chi connectivity index (χ0v) is 17.3. The molecule has 0 saturated carbocycles. The number of fused-ring (bicyclic) bond motifs is 1. The number of benzene rings is 2. The van der Waals surface area contributed by atoms with E-state index >= 15 is 0 Å². The van der Waals surface area contributed by atoms with Gasteiger partial charge in [-0.25, -0.2) is 9.07 Å². The highest BCUT2D eigenvalue weighted by atomic mass is 19.1. The Bertz CT molecular complexity index is 1070. The average molecular weight is 426 g/mol. The summed E-state index contributed by atoms with van der Waals surface area (Å²) in [5.41, 5.74) is 2.74. The lowest BCUT2D eigenvalue weighted by molar-refractivity contribution is -0.00180. The number of nitrogens with one attached hydrogen (secondary N) is 1. The van der Waals surface area contributed by atoms with Crippen molar-refractivity contribution in [3.05, 3.63) is 70.8 Å². The van der Waals surface area contributed by atoms with Crippen LogP contribution in [0.1, 0.15) is 33.4 Å². The number of halogens is 1. The second-order valence-corrected chi connectivity index (χ2v) is 7.11. The summed E-state index contributed by atoms with van der Waals surface area (Å²) in [7, 11) is 3.17. The van der Waals surface area contributed by atoms with Crippen LogP contribution < -0.4 is 14.8 Å². The van der Waals surface area contributed by atoms with E-state index in [9.17, 15) is 9.18 Å². The maximum absolute atomic E-state index is 13.1. The predicted molar refractivity (Wildman–Crippen MR) is 110 cm³/mol. The first-order chi connectivity index (χ1) is 15.1. The molecule has 2 heterocycles. The number of methoxy groups -OCH3 is 2. The molecule has 4 rings (SSSR count). The molecule has 1 atom stereocenters. The van der Waals surface area contributed by atoms with Gasteiger partial charge in [0.2, 0.25) is 0 Å². The minimum absolute atomic E-state index is 0.202. The molecule has 1 aromatic heterocycles. The summed E-state index contributed by atoms with van der Waals surface area (Å²) in [6, 6.07) is 11.8. The van der Waals surface area contributed by atoms with Crippen LogP contribution >= 0.6 is 0 Å². The Morgan fingerprint density at radius 1 is 1.19 bits per heavy atom. The summed E-state index contributed by atoms with van der Waals surface area (Å²) in [6.07, 6.45) is 0.356. The first-order valence-corrected chi connectivity index (χ1v) is 9.87. The third-order valence-corrected chi connectivity index (χ3v) is 5.20. The average Bonchev–Trinajstić information content (AvgIpc) is 3.22. The Hall–Kier alpha value is -3.46. The number of hydrogen-bond acceptors (Lipinski definition) is 6. The van der Waals surface area contributed by atoms with Crippen molar-refractivity contribution in [2.75, 3.05) is 20.8 Å². The van der Waals surface area contributed by atoms with Gasteiger partial charge in [-0.15, -0.1) is 5.10 Å². The second-order valence-electron chi connectivity index (χ2n) is 7.11. The Kier molecular flexibility index (Phi) is 6.13. The molecular formula is C22H23FN4O4. The van der Waals surface area contributed by atoms with Crippen molar-refractivity contribution in [2.45, 2.75) is 25.7 Å². The topological polar surface area (TPSA) is 87.5 Å². The number of carbonyl (C=O) groups excluding carboxylic acids is 1. The Morgan fingerprint density at radius 2 is 1.97 bits per heavy atom. The summed E-state index contributed by atoms with van der Waals surface area (Å²) >= 11 is 0. The van der Waals surface area contributed by atoms with Crippen molar-refractivity contribution >= 4 is 5.91 Å². The van der Waals surface area contributed by atoms with Gasteiger partial charge in [0.05, 0.1) is 33.1 Å². The summed E-state index contributed by atoms with van der Waals surface area (Å²) < 4.78 is 31.2. The lowest BCUT2D eigenvalue weighted by Crippen LogP contribution is -2.29. The third kappa shape index (κ3) is 4.51. The second kappa shape index (κ2) is 9.13. The van der Waals surface area contributed by atoms with Gasteiger partial charge in [-0.3, -0.25) is 4.79 Å². The van der Waals surface area contributed by atoms with Crippen LogP contribution in [-0.4, -0.2) is 41.7 Å². The molecule has 3 aromatic rings. The minimum Gasteiger partial charge on any atom is -0.493 e. The van der Waals surface area contributed by atoms with E-state index in [-0.39, 0.29) is 30.1 Å². The van der Waals surface area contributed by atoms with Crippen LogP contribution in [-0.2, 0) is 24.3 Å². The first kappa shape index (κ1) is 20.8. The van der Waals surface area contributed by atoms with Crippen LogP contribution in [0.3, 0.4) is 0 Å². The van der Waals surface area contributed by atoms with Crippen LogP contribution in [0.5, 0.6) is 11.5 Å². The molecule has 0 radical (unpaired) electrons. The van der Waals surface area contributed by atoms with E-state index in [0.29, 0.717) is 36.7 Å². The number of nitrogens with zero attached hydrogens (tertiary/aromatic N) is 3. The van der Waals surface area contributed by atoms with E-state index in [1.54, 1.807) is 31.0 Å². The molecule has 0 aliphatic carbocycles. The fourth-order valence-electron chi connectivity index (χ4n) is 3.51. The van der Waals surface area contributed by atoms with Gasteiger partial charge in [-0.2, -0.15) is 0 Å². The fraction of sp³-hybridized carbons (Fsp3) is 0.318. The van der Waals surface area contributed by atoms with Gasteiger partial charge in [0.25, 0.3) is 5.91 Å². The highest BCUT2D eigenvalue weighted by Crippen LogP contribution is 2.28. The van der Waals surface area contributed by atoms with Crippen molar-refractivity contribution in [1.82, 2.24) is 20.3 Å². The highest BCUT2D eigenvalue weighted by Gasteiger charge is 2.27. The number of hydrogen-bond donors (Lipinski definition) is 1. The number of aromatic nitrogens is 3. The maximum Gasteiger partial charge on any atom is 0.273 e. The van der Waals surface area contributed by atoms with Crippen LogP contribution in [0.4, 0.5) is 4.39 Å². The van der Waals surface area contributed by atoms with E-state index < -0.39 is 0 Å². The largest absolute Gasteiger partial charge is 0.493 e. The maximum atomic E-state index is 13.1. The lowest BCUT2D eigenvalue weighted by atomic mass is 10.1. The smallest absolute Gasteiger partial charge is 0.273 e. The van der Waals surface area contributed by atoms with E-state index in [1.807, 2.05) is 18.2 Å². The standard InChI is InChI=1S/C22H23FN4O4/c1-29-18-8-3-14(11-19(18)30-2)9-10-24-22(28)21-17-13-31-20(12-27(17)26-25-21)15-4-6-16(23)7-5-15/h3-8,11,20H,9-10,12-13H2,1-2H3,(H,24,28)/t20-/m1/s1. The van der Waals surface area contributed by atoms with E-state index in [1.165, 1.54) is 12.1 Å². The van der Waals surface area contributed by atoms with Crippen molar-refractivity contribution < 1.29 is 23.4 Å². The number of ether oxygens (including phenoxy) is 3. The predicted octanol–water partition coefficient (Wildman–Crippen LogP) is 2.68. The van der Waals surface area contributed by atoms with Crippen molar-refractivity contribution in [1.29, 1.82) is 0 Å². The van der Waals surface area contributed by atoms with Crippen molar-refractivity contribution in [3.63, 3.8) is 0 Å². The minimum atomic E-state index is -0.300. The molecule has 1 aliphatic rings. The molecule has 1 aliphatic heterocycles. The Morgan fingerprint density at radius 3 is 2.71 bits per heavy atom. The molecular weight excluding hydrogens is 403 g/mol. The van der Waals surface area contributed by atoms with Gasteiger partial charge >= 0.3 is 0 Å². The van der Waals surface area contributed by atoms with Crippen LogP contribution in [0.15, 0.2) is 42.5 Å².